The Morgan fingerprint density at radius 3 is 2.86 bits per heavy atom. The summed E-state index contributed by atoms with van der Waals surface area (Å²) in [6, 6.07) is 3.77. The normalized spacial score (nSPS) is 16.8. The zero-order chi connectivity index (χ0) is 20.1. The van der Waals surface area contributed by atoms with Crippen LogP contribution in [0.2, 0.25) is 0 Å². The maximum atomic E-state index is 5.45. The molecule has 3 heterocycles. The van der Waals surface area contributed by atoms with E-state index in [9.17, 15) is 0 Å². The van der Waals surface area contributed by atoms with Crippen molar-refractivity contribution in [3.05, 3.63) is 36.0 Å². The topological polar surface area (TPSA) is 113 Å². The first-order valence-electron chi connectivity index (χ1n) is 9.79. The minimum Gasteiger partial charge on any atom is -0.378 e. The van der Waals surface area contributed by atoms with Gasteiger partial charge in [-0.25, -0.2) is 0 Å². The van der Waals surface area contributed by atoms with E-state index in [4.69, 9.17) is 9.26 Å². The molecule has 3 N–H and O–H groups in total. The molecule has 1 saturated carbocycles. The number of rotatable bonds is 9. The van der Waals surface area contributed by atoms with E-state index in [0.717, 1.165) is 30.4 Å². The van der Waals surface area contributed by atoms with Crippen molar-refractivity contribution in [2.45, 2.75) is 26.3 Å². The first kappa shape index (κ1) is 19.2. The summed E-state index contributed by atoms with van der Waals surface area (Å²) in [6.45, 7) is 9.20. The van der Waals surface area contributed by atoms with E-state index in [-0.39, 0.29) is 0 Å². The van der Waals surface area contributed by atoms with Crippen molar-refractivity contribution in [2.75, 3.05) is 41.8 Å². The Kier molecular flexibility index (Phi) is 5.89. The molecule has 1 aliphatic carbocycles. The molecule has 154 valence electrons. The van der Waals surface area contributed by atoms with Gasteiger partial charge >= 0.3 is 0 Å². The molecule has 0 amide bonds. The van der Waals surface area contributed by atoms with Crippen molar-refractivity contribution >= 4 is 23.8 Å². The highest BCUT2D eigenvalue weighted by Crippen LogP contribution is 2.26. The molecule has 0 atom stereocenters. The van der Waals surface area contributed by atoms with Gasteiger partial charge in [-0.1, -0.05) is 11.7 Å². The smallest absolute Gasteiger partial charge is 0.227 e. The van der Waals surface area contributed by atoms with E-state index >= 15 is 0 Å². The van der Waals surface area contributed by atoms with Gasteiger partial charge in [-0.2, -0.15) is 15.1 Å². The monoisotopic (exact) mass is 398 g/mol. The summed E-state index contributed by atoms with van der Waals surface area (Å²) in [5.41, 5.74) is 3.74. The molecule has 2 aliphatic rings. The fourth-order valence-corrected chi connectivity index (χ4v) is 2.85. The highest BCUT2D eigenvalue weighted by molar-refractivity contribution is 5.63. The molecule has 0 bridgehead atoms. The van der Waals surface area contributed by atoms with Gasteiger partial charge in [0.1, 0.15) is 17.5 Å². The predicted octanol–water partition coefficient (Wildman–Crippen LogP) is 2.09. The number of aromatic nitrogens is 3. The lowest BCUT2D eigenvalue weighted by Crippen LogP contribution is -2.37. The van der Waals surface area contributed by atoms with Crippen LogP contribution in [0.25, 0.3) is 0 Å². The van der Waals surface area contributed by atoms with Crippen LogP contribution in [0, 0.1) is 12.8 Å². The van der Waals surface area contributed by atoms with E-state index in [2.05, 4.69) is 47.8 Å². The van der Waals surface area contributed by atoms with E-state index in [1.807, 2.05) is 25.3 Å². The fraction of sp³-hybridized carbons (Fsp3) is 0.474. The van der Waals surface area contributed by atoms with Gasteiger partial charge in [-0.3, -0.25) is 5.43 Å². The highest BCUT2D eigenvalue weighted by Gasteiger charge is 2.18. The van der Waals surface area contributed by atoms with Crippen LogP contribution >= 0.6 is 0 Å². The first-order chi connectivity index (χ1) is 14.2. The largest absolute Gasteiger partial charge is 0.378 e. The van der Waals surface area contributed by atoms with Crippen LogP contribution in [0.15, 0.2) is 34.2 Å². The lowest BCUT2D eigenvalue weighted by atomic mass is 10.4. The second-order valence-electron chi connectivity index (χ2n) is 7.15. The number of morpholine rings is 1. The predicted molar refractivity (Wildman–Crippen MR) is 111 cm³/mol. The van der Waals surface area contributed by atoms with Gasteiger partial charge < -0.3 is 24.8 Å². The van der Waals surface area contributed by atoms with Crippen LogP contribution in [0.3, 0.4) is 0 Å². The Morgan fingerprint density at radius 1 is 1.31 bits per heavy atom. The zero-order valence-electron chi connectivity index (χ0n) is 16.5. The van der Waals surface area contributed by atoms with Gasteiger partial charge in [0.2, 0.25) is 5.95 Å². The number of aryl methyl sites for hydroxylation is 1. The second-order valence-corrected chi connectivity index (χ2v) is 7.15. The number of nitrogens with one attached hydrogen (secondary N) is 3. The Balaban J connectivity index is 1.46. The van der Waals surface area contributed by atoms with Crippen LogP contribution in [0.4, 0.5) is 17.6 Å². The standard InChI is InChI=1S/C19H26N8O2/c1-13-9-16(29-26-13)12-20-19-23-17(22-14(2)25-21-11-15-3-4-15)10-18(24-19)27-5-7-28-8-6-27/h9-11,15,25H,2-8,12H2,1H3,(H2,20,22,23,24)/b21-11+. The van der Waals surface area contributed by atoms with Crippen LogP contribution in [-0.2, 0) is 11.3 Å². The first-order valence-corrected chi connectivity index (χ1v) is 9.79. The summed E-state index contributed by atoms with van der Waals surface area (Å²) in [5.74, 6) is 3.79. The molecule has 1 aliphatic heterocycles. The maximum absolute atomic E-state index is 5.45. The summed E-state index contributed by atoms with van der Waals surface area (Å²) in [7, 11) is 0. The van der Waals surface area contributed by atoms with E-state index in [0.29, 0.717) is 43.3 Å². The Labute approximate surface area is 169 Å². The minimum atomic E-state index is 0.442. The molecule has 1 saturated heterocycles. The number of hydrazone groups is 1. The van der Waals surface area contributed by atoms with E-state index < -0.39 is 0 Å². The van der Waals surface area contributed by atoms with Crippen molar-refractivity contribution in [2.24, 2.45) is 11.0 Å². The highest BCUT2D eigenvalue weighted by atomic mass is 16.5. The molecule has 2 fully saturated rings. The van der Waals surface area contributed by atoms with E-state index in [1.165, 1.54) is 12.8 Å². The molecule has 2 aromatic heterocycles. The zero-order valence-corrected chi connectivity index (χ0v) is 16.5. The Morgan fingerprint density at radius 2 is 2.14 bits per heavy atom. The molecule has 0 radical (unpaired) electrons. The number of nitrogens with zero attached hydrogens (tertiary/aromatic N) is 5. The van der Waals surface area contributed by atoms with Crippen LogP contribution < -0.4 is 21.0 Å². The molecule has 10 heteroatoms. The average Bonchev–Trinajstić information content (AvgIpc) is 3.46. The Bertz CT molecular complexity index is 871. The lowest BCUT2D eigenvalue weighted by Gasteiger charge is -2.28. The molecule has 4 rings (SSSR count). The maximum Gasteiger partial charge on any atom is 0.227 e. The van der Waals surface area contributed by atoms with Crippen LogP contribution in [-0.4, -0.2) is 47.6 Å². The lowest BCUT2D eigenvalue weighted by molar-refractivity contribution is 0.122. The third-order valence-corrected chi connectivity index (χ3v) is 4.53. The van der Waals surface area contributed by atoms with Crippen molar-refractivity contribution < 1.29 is 9.26 Å². The molecule has 2 aromatic rings. The molecule has 0 unspecified atom stereocenters. The SMILES string of the molecule is C=C(N/N=C/C1CC1)Nc1cc(N2CCOCC2)nc(NCc2cc(C)no2)n1. The summed E-state index contributed by atoms with van der Waals surface area (Å²) in [6.07, 6.45) is 4.33. The second kappa shape index (κ2) is 8.91. The third-order valence-electron chi connectivity index (χ3n) is 4.53. The van der Waals surface area contributed by atoms with Crippen molar-refractivity contribution in [3.63, 3.8) is 0 Å². The summed E-state index contributed by atoms with van der Waals surface area (Å²) >= 11 is 0. The van der Waals surface area contributed by atoms with Gasteiger partial charge in [-0.05, 0) is 25.7 Å². The number of hydrogen-bond acceptors (Lipinski definition) is 10. The fourth-order valence-electron chi connectivity index (χ4n) is 2.85. The minimum absolute atomic E-state index is 0.442. The molecule has 0 spiro atoms. The summed E-state index contributed by atoms with van der Waals surface area (Å²) in [5, 5.41) is 14.5. The van der Waals surface area contributed by atoms with Gasteiger partial charge in [0.05, 0.1) is 25.5 Å². The molecular weight excluding hydrogens is 372 g/mol. The van der Waals surface area contributed by atoms with Crippen molar-refractivity contribution in [1.29, 1.82) is 0 Å². The average molecular weight is 398 g/mol. The van der Waals surface area contributed by atoms with Crippen molar-refractivity contribution in [1.82, 2.24) is 20.6 Å². The third kappa shape index (κ3) is 5.67. The van der Waals surface area contributed by atoms with Crippen molar-refractivity contribution in [3.8, 4) is 0 Å². The molecule has 10 nitrogen and oxygen atoms in total. The summed E-state index contributed by atoms with van der Waals surface area (Å²) < 4.78 is 10.7. The number of ether oxygens (including phenoxy) is 1. The summed E-state index contributed by atoms with van der Waals surface area (Å²) in [4.78, 5) is 11.4. The molecule has 29 heavy (non-hydrogen) atoms. The van der Waals surface area contributed by atoms with E-state index in [1.54, 1.807) is 0 Å². The van der Waals surface area contributed by atoms with Gasteiger partial charge in [-0.15, -0.1) is 0 Å². The molecule has 0 aromatic carbocycles. The Hall–Kier alpha value is -3.14. The quantitative estimate of drug-likeness (QED) is 0.432. The van der Waals surface area contributed by atoms with Crippen LogP contribution in [0.1, 0.15) is 24.3 Å². The van der Waals surface area contributed by atoms with Gasteiger partial charge in [0.15, 0.2) is 5.76 Å². The van der Waals surface area contributed by atoms with Gasteiger partial charge in [0, 0.05) is 31.4 Å². The van der Waals surface area contributed by atoms with Crippen LogP contribution in [0.5, 0.6) is 0 Å². The molecular formula is C19H26N8O2. The van der Waals surface area contributed by atoms with Gasteiger partial charge in [0.25, 0.3) is 0 Å². The number of anilines is 3. The number of hydrogen-bond donors (Lipinski definition) is 3.